The van der Waals surface area contributed by atoms with Gasteiger partial charge >= 0.3 is 6.18 Å². The van der Waals surface area contributed by atoms with Crippen LogP contribution in [0.2, 0.25) is 0 Å². The number of hydrogen-bond acceptors (Lipinski definition) is 1. The number of hydrogen-bond donors (Lipinski definition) is 0. The van der Waals surface area contributed by atoms with Crippen LogP contribution in [0, 0.1) is 112 Å². The lowest BCUT2D eigenvalue weighted by Crippen LogP contribution is -2.08. The van der Waals surface area contributed by atoms with Crippen molar-refractivity contribution in [3.63, 3.8) is 0 Å². The fourth-order valence-electron chi connectivity index (χ4n) is 15.0. The lowest BCUT2D eigenvalue weighted by Gasteiger charge is -2.22. The first-order valence-electron chi connectivity index (χ1n) is 53.2. The van der Waals surface area contributed by atoms with Gasteiger partial charge in [0, 0.05) is 0 Å². The smallest absolute Gasteiger partial charge is 0.416 e. The van der Waals surface area contributed by atoms with Gasteiger partial charge in [0.15, 0.2) is 0 Å². The normalized spacial score (nSPS) is 11.5. The van der Waals surface area contributed by atoms with Gasteiger partial charge in [0.1, 0.15) is 5.75 Å². The van der Waals surface area contributed by atoms with E-state index in [2.05, 4.69) is 443 Å². The predicted molar refractivity (Wildman–Crippen MR) is 606 cm³/mol. The second-order valence-electron chi connectivity index (χ2n) is 43.5. The van der Waals surface area contributed by atoms with Gasteiger partial charge in [-0.15, -0.1) is 0 Å². The van der Waals surface area contributed by atoms with Gasteiger partial charge in [0.05, 0.1) is 12.7 Å². The minimum atomic E-state index is -4.23. The van der Waals surface area contributed by atoms with Crippen LogP contribution in [0.4, 0.5) is 13.2 Å². The third-order valence-electron chi connectivity index (χ3n) is 23.5. The molecule has 1 aliphatic carbocycles. The summed E-state index contributed by atoms with van der Waals surface area (Å²) >= 11 is 0. The first-order valence-corrected chi connectivity index (χ1v) is 53.2. The van der Waals surface area contributed by atoms with E-state index in [1.807, 2.05) is 26.0 Å². The van der Waals surface area contributed by atoms with Gasteiger partial charge in [-0.2, -0.15) is 13.2 Å². The SMILES string of the molecule is CC(C)CC1CCCCC1.CC(C)CCc1ccc(-c2ccccc2)cc1.CC(C)Cc1ccc(-c2ccccc2)cc1.CC(C)Cc1ccc(C(F)(F)F)cc1.CCC(C)C.CCC(C)C.COc1ccc(CC(C)C)cc1.Cc1ccc(CC(C)C)cc1.Cc1ccc(CCC(C)C)cc1.Cc1ccc(CCCC(C)C)cc1.Cc1cccc(CC(C)C)c1.Cc1ccccc1CC(C)C. The summed E-state index contributed by atoms with van der Waals surface area (Å²) in [5, 5.41) is 0. The number of aryl methyl sites for hydroxylation is 8. The molecular formula is C133H197F3O. The molecule has 1 fully saturated rings. The van der Waals surface area contributed by atoms with Gasteiger partial charge in [0.2, 0.25) is 0 Å². The zero-order chi connectivity index (χ0) is 103. The van der Waals surface area contributed by atoms with Gasteiger partial charge in [0.25, 0.3) is 0 Å². The van der Waals surface area contributed by atoms with Crippen LogP contribution in [0.3, 0.4) is 0 Å². The van der Waals surface area contributed by atoms with Gasteiger partial charge in [-0.25, -0.2) is 0 Å². The molecule has 12 rings (SSSR count). The number of benzene rings is 11. The van der Waals surface area contributed by atoms with E-state index in [4.69, 9.17) is 4.74 Å². The third kappa shape index (κ3) is 68.7. The maximum Gasteiger partial charge on any atom is 0.416 e. The number of methoxy groups -OCH3 is 1. The van der Waals surface area contributed by atoms with Crippen molar-refractivity contribution in [2.24, 2.45) is 76.9 Å². The van der Waals surface area contributed by atoms with Crippen LogP contribution in [-0.2, 0) is 64.0 Å². The van der Waals surface area contributed by atoms with Crippen LogP contribution in [-0.4, -0.2) is 7.11 Å². The Morgan fingerprint density at radius 3 is 0.898 bits per heavy atom. The molecule has 4 heteroatoms. The molecular weight excluding hydrogens is 1670 g/mol. The minimum absolute atomic E-state index is 0.465. The topological polar surface area (TPSA) is 9.23 Å². The van der Waals surface area contributed by atoms with Gasteiger partial charge in [-0.1, -0.05) is 508 Å². The highest BCUT2D eigenvalue weighted by Crippen LogP contribution is 2.31. The zero-order valence-corrected chi connectivity index (χ0v) is 93.0. The second-order valence-corrected chi connectivity index (χ2v) is 43.5. The van der Waals surface area contributed by atoms with Gasteiger partial charge in [-0.3, -0.25) is 0 Å². The Kier molecular flexibility index (Phi) is 69.0. The predicted octanol–water partition coefficient (Wildman–Crippen LogP) is 41.1. The van der Waals surface area contributed by atoms with E-state index in [0.29, 0.717) is 5.92 Å². The highest BCUT2D eigenvalue weighted by atomic mass is 19.4. The van der Waals surface area contributed by atoms with Crippen molar-refractivity contribution in [3.8, 4) is 28.0 Å². The summed E-state index contributed by atoms with van der Waals surface area (Å²) in [4.78, 5) is 0. The number of rotatable bonds is 29. The van der Waals surface area contributed by atoms with E-state index >= 15 is 0 Å². The summed E-state index contributed by atoms with van der Waals surface area (Å²) in [5.41, 5.74) is 24.0. The molecule has 0 unspecified atom stereocenters. The Bertz CT molecular complexity index is 4600. The molecule has 1 aliphatic rings. The minimum Gasteiger partial charge on any atom is -0.497 e. The highest BCUT2D eigenvalue weighted by molar-refractivity contribution is 5.64. The van der Waals surface area contributed by atoms with Crippen molar-refractivity contribution in [1.82, 2.24) is 0 Å². The average Bonchev–Trinajstić information content (AvgIpc) is 0.866. The molecule has 1 nitrogen and oxygen atoms in total. The highest BCUT2D eigenvalue weighted by Gasteiger charge is 2.30. The van der Waals surface area contributed by atoms with Crippen LogP contribution in [0.1, 0.15) is 341 Å². The Hall–Kier alpha value is -8.99. The molecule has 1 saturated carbocycles. The molecule has 0 heterocycles. The molecule has 0 bridgehead atoms. The monoisotopic (exact) mass is 1870 g/mol. The van der Waals surface area contributed by atoms with E-state index in [0.717, 1.165) is 114 Å². The fraction of sp³-hybridized carbons (Fsp3) is 0.504. The molecule has 11 aromatic carbocycles. The zero-order valence-electron chi connectivity index (χ0n) is 93.0. The summed E-state index contributed by atoms with van der Waals surface area (Å²) in [6.45, 7) is 68.9. The standard InChI is InChI=1S/C17H20.C16H18.C13H20.C12H18.C11H13F3.C11H16O.3C11H16.C10H20.2C5H12/c1-14(2)8-9-15-10-12-17(13-11-15)16-6-4-3-5-7-16;1-13(2)12-14-8-10-16(11-9-14)15-6-4-3-5-7-15;1-11(2)5-4-6-13-9-7-12(3)8-10-13;1-10(2)4-7-12-8-5-11(3)6-9-12;1-8(2)7-9-3-5-10(6-4-9)11(12,13)14;1-9(2)8-10-4-6-11(12-3)7-5-10;1-9(2)8-11-6-4-10(3)5-7-11;1-9(2)7-11-6-4-5-10(3)8-11;1-9(2)8-11-7-5-4-6-10(11)3;1-9(2)8-10-6-4-3-5-7-10;2*1-4-5(2)3/h3-7,10-14H,8-9H2,1-2H3;3-11,13H,12H2,1-2H3;7-11H,4-6H2,1-3H3;5-6,8-10H,4,7H2,1-3H3;3-6,8H,7H2,1-2H3;4-7,9H,8H2,1-3H3;4-7,9H,8H2,1-3H3;4-6,8-9H,7H2,1-3H3;4-7,9H,8H2,1-3H3;9-10H,3-8H2,1-2H3;2*5H,4H2,1-3H3. The third-order valence-corrected chi connectivity index (χ3v) is 23.5. The largest absolute Gasteiger partial charge is 0.497 e. The first kappa shape index (κ1) is 126. The summed E-state index contributed by atoms with van der Waals surface area (Å²) in [6.07, 6.45) is 23.0. The van der Waals surface area contributed by atoms with Crippen LogP contribution in [0.25, 0.3) is 22.3 Å². The second kappa shape index (κ2) is 75.0. The summed E-state index contributed by atoms with van der Waals surface area (Å²) in [6, 6.07) is 96.4. The van der Waals surface area contributed by atoms with Crippen molar-refractivity contribution in [2.75, 3.05) is 7.11 Å². The molecule has 11 aromatic rings. The molecule has 137 heavy (non-hydrogen) atoms. The Morgan fingerprint density at radius 2 is 0.577 bits per heavy atom. The Morgan fingerprint density at radius 1 is 0.270 bits per heavy atom. The van der Waals surface area contributed by atoms with Crippen molar-refractivity contribution in [1.29, 1.82) is 0 Å². The van der Waals surface area contributed by atoms with Crippen molar-refractivity contribution in [2.45, 2.75) is 356 Å². The number of alkyl halides is 3. The van der Waals surface area contributed by atoms with Gasteiger partial charge < -0.3 is 4.74 Å². The Balaban J connectivity index is 0.000000755. The van der Waals surface area contributed by atoms with Gasteiger partial charge in [-0.05, 0) is 297 Å². The average molecular weight is 1870 g/mol. The molecule has 0 saturated heterocycles. The molecule has 0 amide bonds. The van der Waals surface area contributed by atoms with E-state index < -0.39 is 11.7 Å². The summed E-state index contributed by atoms with van der Waals surface area (Å²) in [7, 11) is 1.69. The molecule has 0 aromatic heterocycles. The lowest BCUT2D eigenvalue weighted by molar-refractivity contribution is -0.137. The van der Waals surface area contributed by atoms with Crippen LogP contribution in [0.15, 0.2) is 279 Å². The molecule has 0 atom stereocenters. The fourth-order valence-corrected chi connectivity index (χ4v) is 15.0. The number of halogens is 3. The molecule has 0 spiro atoms. The van der Waals surface area contributed by atoms with E-state index in [-0.39, 0.29) is 0 Å². The maximum atomic E-state index is 12.2. The first-order chi connectivity index (χ1) is 64.9. The van der Waals surface area contributed by atoms with E-state index in [1.165, 1.54) is 210 Å². The summed E-state index contributed by atoms with van der Waals surface area (Å²) < 4.78 is 41.6. The van der Waals surface area contributed by atoms with Crippen LogP contribution >= 0.6 is 0 Å². The number of ether oxygens (including phenoxy) is 1. The molecule has 756 valence electrons. The lowest BCUT2D eigenvalue weighted by atomic mass is 9.84. The molecule has 0 N–H and O–H groups in total. The molecule has 0 radical (unpaired) electrons. The van der Waals surface area contributed by atoms with E-state index in [9.17, 15) is 13.2 Å². The molecule has 0 aliphatic heterocycles. The van der Waals surface area contributed by atoms with Crippen molar-refractivity contribution < 1.29 is 17.9 Å². The Labute approximate surface area is 842 Å². The van der Waals surface area contributed by atoms with Crippen LogP contribution in [0.5, 0.6) is 5.75 Å². The van der Waals surface area contributed by atoms with Crippen LogP contribution < -0.4 is 4.74 Å². The maximum absolute atomic E-state index is 12.2. The quantitative estimate of drug-likeness (QED) is 0.0454. The van der Waals surface area contributed by atoms with E-state index in [1.54, 1.807) is 19.2 Å². The van der Waals surface area contributed by atoms with Crippen molar-refractivity contribution >= 4 is 0 Å². The summed E-state index contributed by atoms with van der Waals surface area (Å²) in [5.74, 6) is 11.3. The van der Waals surface area contributed by atoms with Crippen molar-refractivity contribution in [3.05, 3.63) is 363 Å².